The molecule has 1 aromatic carbocycles. The van der Waals surface area contributed by atoms with Gasteiger partial charge in [-0.15, -0.1) is 0 Å². The Bertz CT molecular complexity index is 560. The minimum atomic E-state index is -0.792. The number of benzene rings is 1. The van der Waals surface area contributed by atoms with Gasteiger partial charge in [0.2, 0.25) is 0 Å². The topological polar surface area (TPSA) is 64.5 Å². The summed E-state index contributed by atoms with van der Waals surface area (Å²) in [6.45, 7) is 1.28. The Morgan fingerprint density at radius 1 is 1.11 bits per heavy atom. The molecule has 98 valence electrons. The molecular formula is C14H14N2O3. The fraction of sp³-hybridized carbons (Fsp3) is 0.286. The van der Waals surface area contributed by atoms with Crippen LogP contribution in [0.5, 0.6) is 11.5 Å². The van der Waals surface area contributed by atoms with E-state index in [1.54, 1.807) is 18.3 Å². The van der Waals surface area contributed by atoms with Crippen LogP contribution in [0.3, 0.4) is 0 Å². The van der Waals surface area contributed by atoms with E-state index >= 15 is 0 Å². The predicted octanol–water partition coefficient (Wildman–Crippen LogP) is 1.72. The third-order valence-electron chi connectivity index (χ3n) is 2.97. The lowest BCUT2D eigenvalue weighted by Gasteiger charge is -2.13. The van der Waals surface area contributed by atoms with Gasteiger partial charge in [0.15, 0.2) is 11.5 Å². The number of rotatable bonds is 2. The van der Waals surface area contributed by atoms with Crippen molar-refractivity contribution in [2.24, 2.45) is 0 Å². The van der Waals surface area contributed by atoms with E-state index < -0.39 is 6.10 Å². The van der Waals surface area contributed by atoms with Crippen molar-refractivity contribution in [1.82, 2.24) is 9.97 Å². The number of hydrogen-bond donors (Lipinski definition) is 1. The van der Waals surface area contributed by atoms with E-state index in [9.17, 15) is 5.11 Å². The van der Waals surface area contributed by atoms with Crippen molar-refractivity contribution in [2.45, 2.75) is 12.5 Å². The van der Waals surface area contributed by atoms with Gasteiger partial charge in [0.1, 0.15) is 12.4 Å². The number of nitrogens with zero attached hydrogens (tertiary/aromatic N) is 2. The van der Waals surface area contributed by atoms with Crippen LogP contribution in [0.1, 0.15) is 23.8 Å². The van der Waals surface area contributed by atoms with Crippen LogP contribution in [0, 0.1) is 0 Å². The van der Waals surface area contributed by atoms with Gasteiger partial charge in [-0.25, -0.2) is 9.97 Å². The highest BCUT2D eigenvalue weighted by atomic mass is 16.5. The van der Waals surface area contributed by atoms with Gasteiger partial charge in [0.25, 0.3) is 0 Å². The normalized spacial score (nSPS) is 15.6. The van der Waals surface area contributed by atoms with Crippen molar-refractivity contribution in [1.29, 1.82) is 0 Å². The first-order valence-electron chi connectivity index (χ1n) is 6.18. The number of aliphatic hydroxyl groups excluding tert-OH is 1. The van der Waals surface area contributed by atoms with Crippen LogP contribution in [0.15, 0.2) is 36.8 Å². The zero-order chi connectivity index (χ0) is 13.1. The molecule has 0 fully saturated rings. The van der Waals surface area contributed by atoms with Crippen LogP contribution in [-0.2, 0) is 0 Å². The Labute approximate surface area is 110 Å². The van der Waals surface area contributed by atoms with E-state index in [0.29, 0.717) is 24.7 Å². The van der Waals surface area contributed by atoms with Gasteiger partial charge in [0, 0.05) is 12.6 Å². The summed E-state index contributed by atoms with van der Waals surface area (Å²) < 4.78 is 11.2. The summed E-state index contributed by atoms with van der Waals surface area (Å²) >= 11 is 0. The van der Waals surface area contributed by atoms with Crippen molar-refractivity contribution in [3.8, 4) is 11.5 Å². The minimum absolute atomic E-state index is 0.560. The molecule has 2 heterocycles. The highest BCUT2D eigenvalue weighted by Gasteiger charge is 2.16. The van der Waals surface area contributed by atoms with Gasteiger partial charge >= 0.3 is 0 Å². The fourth-order valence-corrected chi connectivity index (χ4v) is 1.98. The molecule has 0 bridgehead atoms. The molecule has 0 spiro atoms. The van der Waals surface area contributed by atoms with Gasteiger partial charge in [0.05, 0.1) is 18.9 Å². The average molecular weight is 258 g/mol. The molecule has 1 unspecified atom stereocenters. The van der Waals surface area contributed by atoms with Crippen molar-refractivity contribution < 1.29 is 14.6 Å². The summed E-state index contributed by atoms with van der Waals surface area (Å²) in [6, 6.07) is 7.13. The van der Waals surface area contributed by atoms with Crippen LogP contribution in [0.25, 0.3) is 0 Å². The number of fused-ring (bicyclic) bond motifs is 1. The van der Waals surface area contributed by atoms with Crippen LogP contribution < -0.4 is 9.47 Å². The van der Waals surface area contributed by atoms with Gasteiger partial charge in [-0.3, -0.25) is 0 Å². The molecule has 3 rings (SSSR count). The van der Waals surface area contributed by atoms with Crippen molar-refractivity contribution in [3.05, 3.63) is 48.0 Å². The van der Waals surface area contributed by atoms with Crippen molar-refractivity contribution in [3.63, 3.8) is 0 Å². The molecule has 0 amide bonds. The lowest BCUT2D eigenvalue weighted by molar-refractivity contribution is 0.214. The summed E-state index contributed by atoms with van der Waals surface area (Å²) in [5, 5.41) is 10.3. The Hall–Kier alpha value is -2.14. The van der Waals surface area contributed by atoms with E-state index in [0.717, 1.165) is 17.7 Å². The smallest absolute Gasteiger partial charge is 0.161 e. The maximum atomic E-state index is 10.3. The molecule has 0 aliphatic carbocycles. The average Bonchev–Trinajstić information content (AvgIpc) is 2.72. The van der Waals surface area contributed by atoms with Gasteiger partial charge in [-0.1, -0.05) is 6.07 Å². The molecule has 19 heavy (non-hydrogen) atoms. The SMILES string of the molecule is OC(c1ccc2c(c1)OCCCO2)c1ccncn1. The fourth-order valence-electron chi connectivity index (χ4n) is 1.98. The number of ether oxygens (including phenoxy) is 2. The second-order valence-corrected chi connectivity index (χ2v) is 4.29. The predicted molar refractivity (Wildman–Crippen MR) is 68.1 cm³/mol. The van der Waals surface area contributed by atoms with Gasteiger partial charge < -0.3 is 14.6 Å². The first kappa shape index (κ1) is 11.9. The Kier molecular flexibility index (Phi) is 3.29. The van der Waals surface area contributed by atoms with E-state index in [4.69, 9.17) is 9.47 Å². The zero-order valence-electron chi connectivity index (χ0n) is 10.3. The van der Waals surface area contributed by atoms with Crippen LogP contribution in [-0.4, -0.2) is 28.3 Å². The Morgan fingerprint density at radius 3 is 2.74 bits per heavy atom. The summed E-state index contributed by atoms with van der Waals surface area (Å²) in [5.74, 6) is 1.39. The summed E-state index contributed by atoms with van der Waals surface area (Å²) in [7, 11) is 0. The molecule has 1 N–H and O–H groups in total. The third-order valence-corrected chi connectivity index (χ3v) is 2.97. The van der Waals surface area contributed by atoms with Crippen LogP contribution in [0.4, 0.5) is 0 Å². The van der Waals surface area contributed by atoms with Gasteiger partial charge in [-0.05, 0) is 23.8 Å². The molecule has 0 radical (unpaired) electrons. The number of hydrogen-bond acceptors (Lipinski definition) is 5. The lowest BCUT2D eigenvalue weighted by Crippen LogP contribution is -2.03. The maximum absolute atomic E-state index is 10.3. The second-order valence-electron chi connectivity index (χ2n) is 4.29. The molecular weight excluding hydrogens is 244 g/mol. The molecule has 1 aromatic heterocycles. The lowest BCUT2D eigenvalue weighted by atomic mass is 10.1. The Morgan fingerprint density at radius 2 is 1.95 bits per heavy atom. The second kappa shape index (κ2) is 5.24. The molecule has 1 aliphatic heterocycles. The van der Waals surface area contributed by atoms with Gasteiger partial charge in [-0.2, -0.15) is 0 Å². The number of aliphatic hydroxyl groups is 1. The summed E-state index contributed by atoms with van der Waals surface area (Å²) in [4.78, 5) is 7.89. The maximum Gasteiger partial charge on any atom is 0.161 e. The molecule has 5 heteroatoms. The molecule has 1 atom stereocenters. The highest BCUT2D eigenvalue weighted by molar-refractivity contribution is 5.45. The zero-order valence-corrected chi connectivity index (χ0v) is 10.3. The van der Waals surface area contributed by atoms with Crippen LogP contribution in [0.2, 0.25) is 0 Å². The monoisotopic (exact) mass is 258 g/mol. The van der Waals surface area contributed by atoms with Crippen LogP contribution >= 0.6 is 0 Å². The molecule has 2 aromatic rings. The largest absolute Gasteiger partial charge is 0.490 e. The summed E-state index contributed by atoms with van der Waals surface area (Å²) in [5.41, 5.74) is 1.28. The summed E-state index contributed by atoms with van der Waals surface area (Å²) in [6.07, 6.45) is 3.09. The quantitative estimate of drug-likeness (QED) is 0.888. The third kappa shape index (κ3) is 2.51. The first-order chi connectivity index (χ1) is 9.34. The van der Waals surface area contributed by atoms with E-state index in [-0.39, 0.29) is 0 Å². The molecule has 0 saturated carbocycles. The van der Waals surface area contributed by atoms with E-state index in [2.05, 4.69) is 9.97 Å². The van der Waals surface area contributed by atoms with Crippen molar-refractivity contribution >= 4 is 0 Å². The minimum Gasteiger partial charge on any atom is -0.490 e. The first-order valence-corrected chi connectivity index (χ1v) is 6.18. The molecule has 0 saturated heterocycles. The molecule has 1 aliphatic rings. The van der Waals surface area contributed by atoms with Crippen molar-refractivity contribution in [2.75, 3.05) is 13.2 Å². The standard InChI is InChI=1S/C14H14N2O3/c17-14(11-4-5-15-9-16-11)10-2-3-12-13(8-10)19-7-1-6-18-12/h2-5,8-9,14,17H,1,6-7H2. The highest BCUT2D eigenvalue weighted by Crippen LogP contribution is 2.33. The van der Waals surface area contributed by atoms with E-state index in [1.807, 2.05) is 12.1 Å². The number of aromatic nitrogens is 2. The Balaban J connectivity index is 1.91. The van der Waals surface area contributed by atoms with E-state index in [1.165, 1.54) is 6.33 Å². The molecule has 5 nitrogen and oxygen atoms in total.